The Kier molecular flexibility index (Phi) is 7.44. The first-order valence-electron chi connectivity index (χ1n) is 8.97. The predicted octanol–water partition coefficient (Wildman–Crippen LogP) is 3.20. The molecule has 164 valence electrons. The van der Waals surface area contributed by atoms with Crippen LogP contribution < -0.4 is 19.5 Å². The summed E-state index contributed by atoms with van der Waals surface area (Å²) >= 11 is 6.72. The number of rotatable bonds is 9. The van der Waals surface area contributed by atoms with Gasteiger partial charge in [-0.05, 0) is 31.2 Å². The van der Waals surface area contributed by atoms with E-state index >= 15 is 0 Å². The third-order valence-corrected chi connectivity index (χ3v) is 7.01. The minimum Gasteiger partial charge on any atom is -0.493 e. The quantitative estimate of drug-likeness (QED) is 0.449. The van der Waals surface area contributed by atoms with E-state index in [1.807, 2.05) is 0 Å². The van der Waals surface area contributed by atoms with E-state index in [1.165, 1.54) is 7.11 Å². The third kappa shape index (κ3) is 5.91. The molecule has 0 aliphatic rings. The highest BCUT2D eigenvalue weighted by Crippen LogP contribution is 2.26. The number of hydrogen-bond donors (Lipinski definition) is 2. The number of carbonyl (C=O) groups excluding carboxylic acids is 1. The van der Waals surface area contributed by atoms with Crippen LogP contribution in [0.4, 0.5) is 5.13 Å². The van der Waals surface area contributed by atoms with Crippen LogP contribution in [-0.2, 0) is 10.0 Å². The number of carbonyl (C=O) groups is 1. The van der Waals surface area contributed by atoms with E-state index in [9.17, 15) is 13.2 Å². The van der Waals surface area contributed by atoms with E-state index in [1.54, 1.807) is 55.5 Å². The smallest absolute Gasteiger partial charge is 0.270 e. The summed E-state index contributed by atoms with van der Waals surface area (Å²) in [5.41, 5.74) is 0.240. The number of amides is 1. The lowest BCUT2D eigenvalue weighted by atomic mass is 10.2. The van der Waals surface area contributed by atoms with Crippen LogP contribution in [0.3, 0.4) is 0 Å². The van der Waals surface area contributed by atoms with E-state index in [2.05, 4.69) is 20.2 Å². The van der Waals surface area contributed by atoms with E-state index in [4.69, 9.17) is 21.1 Å². The maximum Gasteiger partial charge on any atom is 0.270 e. The Labute approximate surface area is 188 Å². The van der Waals surface area contributed by atoms with E-state index in [0.29, 0.717) is 11.5 Å². The average Bonchev–Trinajstić information content (AvgIpc) is 3.22. The number of ether oxygens (including phenoxy) is 2. The van der Waals surface area contributed by atoms with Gasteiger partial charge in [0.1, 0.15) is 6.61 Å². The minimum atomic E-state index is -3.96. The lowest BCUT2D eigenvalue weighted by molar-refractivity contribution is 0.102. The minimum absolute atomic E-state index is 0.0308. The molecule has 3 rings (SSSR count). The standard InChI is InChI=1S/C19H19ClN4O5S2/c1-12(11-29-16-10-6-5-9-15(16)28-2)24-31(26,27)19-23-22-18(30-19)21-17(25)13-7-3-4-8-14(13)20/h3-10,12,24H,11H2,1-2H3,(H,21,22,25)/t12-/m1/s1. The first kappa shape index (κ1) is 22.9. The monoisotopic (exact) mass is 482 g/mol. The van der Waals surface area contributed by atoms with Gasteiger partial charge in [-0.1, -0.05) is 47.2 Å². The van der Waals surface area contributed by atoms with Crippen LogP contribution in [0.25, 0.3) is 0 Å². The predicted molar refractivity (Wildman–Crippen MR) is 118 cm³/mol. The Bertz CT molecular complexity index is 1170. The van der Waals surface area contributed by atoms with Gasteiger partial charge < -0.3 is 9.47 Å². The molecule has 1 aromatic heterocycles. The lowest BCUT2D eigenvalue weighted by Crippen LogP contribution is -2.36. The van der Waals surface area contributed by atoms with Gasteiger partial charge in [-0.15, -0.1) is 10.2 Å². The molecule has 0 aliphatic heterocycles. The molecule has 0 bridgehead atoms. The van der Waals surface area contributed by atoms with Gasteiger partial charge in [-0.3, -0.25) is 10.1 Å². The summed E-state index contributed by atoms with van der Waals surface area (Å²) in [5, 5.41) is 10.2. The second-order valence-corrected chi connectivity index (χ2v) is 9.56. The summed E-state index contributed by atoms with van der Waals surface area (Å²) in [6, 6.07) is 12.9. The molecule has 1 atom stereocenters. The molecule has 0 spiro atoms. The van der Waals surface area contributed by atoms with Gasteiger partial charge in [-0.2, -0.15) is 0 Å². The zero-order chi connectivity index (χ0) is 22.4. The van der Waals surface area contributed by atoms with Gasteiger partial charge in [0.25, 0.3) is 15.9 Å². The Morgan fingerprint density at radius 3 is 2.52 bits per heavy atom. The van der Waals surface area contributed by atoms with E-state index < -0.39 is 22.0 Å². The number of sulfonamides is 1. The molecular formula is C19H19ClN4O5S2. The number of anilines is 1. The fraction of sp³-hybridized carbons (Fsp3) is 0.211. The first-order chi connectivity index (χ1) is 14.8. The topological polar surface area (TPSA) is 120 Å². The summed E-state index contributed by atoms with van der Waals surface area (Å²) in [6.07, 6.45) is 0. The highest BCUT2D eigenvalue weighted by Gasteiger charge is 2.24. The van der Waals surface area contributed by atoms with Crippen molar-refractivity contribution >= 4 is 44.0 Å². The first-order valence-corrected chi connectivity index (χ1v) is 11.7. The summed E-state index contributed by atoms with van der Waals surface area (Å²) in [4.78, 5) is 12.3. The second-order valence-electron chi connectivity index (χ2n) is 6.29. The number of aromatic nitrogens is 2. The zero-order valence-electron chi connectivity index (χ0n) is 16.5. The number of nitrogens with one attached hydrogen (secondary N) is 2. The number of halogens is 1. The van der Waals surface area contributed by atoms with Crippen molar-refractivity contribution in [2.45, 2.75) is 17.3 Å². The molecule has 1 amide bonds. The fourth-order valence-electron chi connectivity index (χ4n) is 2.48. The molecule has 9 nitrogen and oxygen atoms in total. The molecule has 0 aliphatic carbocycles. The fourth-order valence-corrected chi connectivity index (χ4v) is 4.84. The van der Waals surface area contributed by atoms with Crippen LogP contribution >= 0.6 is 22.9 Å². The van der Waals surface area contributed by atoms with Gasteiger partial charge in [0.2, 0.25) is 9.47 Å². The highest BCUT2D eigenvalue weighted by atomic mass is 35.5. The summed E-state index contributed by atoms with van der Waals surface area (Å²) in [7, 11) is -2.44. The van der Waals surface area contributed by atoms with Crippen LogP contribution in [0.2, 0.25) is 5.02 Å². The largest absolute Gasteiger partial charge is 0.493 e. The summed E-state index contributed by atoms with van der Waals surface area (Å²) in [5.74, 6) is 0.523. The maximum absolute atomic E-state index is 12.6. The van der Waals surface area contributed by atoms with Crippen molar-refractivity contribution in [3.63, 3.8) is 0 Å². The molecule has 0 saturated heterocycles. The molecule has 0 fully saturated rings. The van der Waals surface area contributed by atoms with Gasteiger partial charge in [0, 0.05) is 0 Å². The molecular weight excluding hydrogens is 464 g/mol. The van der Waals surface area contributed by atoms with Crippen LogP contribution in [0.5, 0.6) is 11.5 Å². The molecule has 0 saturated carbocycles. The van der Waals surface area contributed by atoms with Crippen molar-refractivity contribution < 1.29 is 22.7 Å². The van der Waals surface area contributed by atoms with Gasteiger partial charge >= 0.3 is 0 Å². The average molecular weight is 483 g/mol. The number of nitrogens with zero attached hydrogens (tertiary/aromatic N) is 2. The zero-order valence-corrected chi connectivity index (χ0v) is 18.9. The van der Waals surface area contributed by atoms with E-state index in [-0.39, 0.29) is 26.7 Å². The third-order valence-electron chi connectivity index (χ3n) is 3.89. The number of methoxy groups -OCH3 is 1. The van der Waals surface area contributed by atoms with Gasteiger partial charge in [-0.25, -0.2) is 13.1 Å². The molecule has 1 heterocycles. The molecule has 31 heavy (non-hydrogen) atoms. The number of benzene rings is 2. The normalized spacial score (nSPS) is 12.2. The molecule has 2 N–H and O–H groups in total. The van der Waals surface area contributed by atoms with Crippen molar-refractivity contribution in [3.05, 3.63) is 59.1 Å². The molecule has 0 radical (unpaired) electrons. The lowest BCUT2D eigenvalue weighted by Gasteiger charge is -2.15. The van der Waals surface area contributed by atoms with Crippen LogP contribution in [-0.4, -0.2) is 44.3 Å². The summed E-state index contributed by atoms with van der Waals surface area (Å²) < 4.78 is 38.2. The second kappa shape index (κ2) is 10.1. The Morgan fingerprint density at radius 1 is 1.13 bits per heavy atom. The Hall–Kier alpha value is -2.73. The Balaban J connectivity index is 1.61. The number of hydrogen-bond acceptors (Lipinski definition) is 8. The van der Waals surface area contributed by atoms with Crippen molar-refractivity contribution in [1.29, 1.82) is 0 Å². The van der Waals surface area contributed by atoms with Crippen LogP contribution in [0.15, 0.2) is 52.9 Å². The SMILES string of the molecule is COc1ccccc1OC[C@@H](C)NS(=O)(=O)c1nnc(NC(=O)c2ccccc2Cl)s1. The van der Waals surface area contributed by atoms with Crippen molar-refractivity contribution in [2.75, 3.05) is 19.0 Å². The van der Waals surface area contributed by atoms with Gasteiger partial charge in [0.05, 0.1) is 23.7 Å². The number of para-hydroxylation sites is 2. The highest BCUT2D eigenvalue weighted by molar-refractivity contribution is 7.91. The molecule has 12 heteroatoms. The summed E-state index contributed by atoms with van der Waals surface area (Å²) in [6.45, 7) is 1.71. The van der Waals surface area contributed by atoms with Crippen LogP contribution in [0, 0.1) is 0 Å². The van der Waals surface area contributed by atoms with E-state index in [0.717, 1.165) is 11.3 Å². The van der Waals surface area contributed by atoms with Crippen molar-refractivity contribution in [3.8, 4) is 11.5 Å². The van der Waals surface area contributed by atoms with Crippen molar-refractivity contribution in [1.82, 2.24) is 14.9 Å². The van der Waals surface area contributed by atoms with Gasteiger partial charge in [0.15, 0.2) is 11.5 Å². The Morgan fingerprint density at radius 2 is 1.81 bits per heavy atom. The molecule has 3 aromatic rings. The molecule has 2 aromatic carbocycles. The maximum atomic E-state index is 12.6. The molecule has 0 unspecified atom stereocenters. The van der Waals surface area contributed by atoms with Crippen molar-refractivity contribution in [2.24, 2.45) is 0 Å². The van der Waals surface area contributed by atoms with Crippen LogP contribution in [0.1, 0.15) is 17.3 Å².